The second-order valence-corrected chi connectivity index (χ2v) is 7.89. The number of benzene rings is 1. The van der Waals surface area contributed by atoms with Crippen LogP contribution in [0, 0.1) is 6.92 Å². The van der Waals surface area contributed by atoms with Crippen molar-refractivity contribution in [2.75, 3.05) is 53.0 Å². The van der Waals surface area contributed by atoms with E-state index in [1.54, 1.807) is 11.9 Å². The van der Waals surface area contributed by atoms with Crippen molar-refractivity contribution >= 4 is 11.9 Å². The predicted octanol–water partition coefficient (Wildman–Crippen LogP) is 1.29. The fourth-order valence-corrected chi connectivity index (χ4v) is 4.18. The molecule has 0 spiro atoms. The number of morpholine rings is 1. The minimum absolute atomic E-state index is 0.0432. The molecule has 2 heterocycles. The first-order valence-corrected chi connectivity index (χ1v) is 9.87. The van der Waals surface area contributed by atoms with Crippen LogP contribution in [0.5, 0.6) is 0 Å². The van der Waals surface area contributed by atoms with Crippen LogP contribution in [0.15, 0.2) is 24.3 Å². The van der Waals surface area contributed by atoms with E-state index in [-0.39, 0.29) is 18.6 Å². The molecule has 0 aliphatic carbocycles. The lowest BCUT2D eigenvalue weighted by Crippen LogP contribution is -2.56. The summed E-state index contributed by atoms with van der Waals surface area (Å²) in [6.07, 6.45) is 1.17. The van der Waals surface area contributed by atoms with Crippen molar-refractivity contribution in [3.8, 4) is 0 Å². The van der Waals surface area contributed by atoms with Crippen LogP contribution in [0.25, 0.3) is 0 Å². The number of ether oxygens (including phenoxy) is 2. The van der Waals surface area contributed by atoms with Crippen molar-refractivity contribution < 1.29 is 24.2 Å². The third kappa shape index (κ3) is 4.71. The molecule has 0 saturated carbocycles. The summed E-state index contributed by atoms with van der Waals surface area (Å²) in [6.45, 7) is 5.16. The van der Waals surface area contributed by atoms with Gasteiger partial charge >= 0.3 is 5.97 Å². The average Bonchev–Trinajstić information content (AvgIpc) is 2.68. The largest absolute Gasteiger partial charge is 0.480 e. The topological polar surface area (TPSA) is 79.3 Å². The molecule has 1 unspecified atom stereocenters. The highest BCUT2D eigenvalue weighted by Gasteiger charge is 2.45. The zero-order valence-electron chi connectivity index (χ0n) is 16.7. The molecular weight excluding hydrogens is 360 g/mol. The Kier molecular flexibility index (Phi) is 6.69. The van der Waals surface area contributed by atoms with Gasteiger partial charge in [-0.25, -0.2) is 0 Å². The number of aryl methyl sites for hydroxylation is 1. The van der Waals surface area contributed by atoms with Gasteiger partial charge in [-0.3, -0.25) is 14.5 Å². The summed E-state index contributed by atoms with van der Waals surface area (Å²) in [4.78, 5) is 28.2. The van der Waals surface area contributed by atoms with Gasteiger partial charge in [0, 0.05) is 32.8 Å². The van der Waals surface area contributed by atoms with E-state index in [4.69, 9.17) is 14.6 Å². The molecule has 0 bridgehead atoms. The Balaban J connectivity index is 1.75. The van der Waals surface area contributed by atoms with Gasteiger partial charge in [0.25, 0.3) is 0 Å². The molecule has 2 fully saturated rings. The van der Waals surface area contributed by atoms with E-state index in [0.717, 1.165) is 5.56 Å². The Labute approximate surface area is 166 Å². The van der Waals surface area contributed by atoms with Crippen molar-refractivity contribution in [3.05, 3.63) is 35.4 Å². The molecule has 1 aromatic carbocycles. The van der Waals surface area contributed by atoms with Crippen LogP contribution < -0.4 is 0 Å². The third-order valence-electron chi connectivity index (χ3n) is 5.71. The highest BCUT2D eigenvalue weighted by molar-refractivity contribution is 5.88. The predicted molar refractivity (Wildman–Crippen MR) is 104 cm³/mol. The number of carbonyl (C=O) groups is 2. The lowest BCUT2D eigenvalue weighted by molar-refractivity contribution is -0.150. The lowest BCUT2D eigenvalue weighted by Gasteiger charge is -2.43. The van der Waals surface area contributed by atoms with Crippen LogP contribution in [0.3, 0.4) is 0 Å². The number of hydrogen-bond acceptors (Lipinski definition) is 5. The summed E-state index contributed by atoms with van der Waals surface area (Å²) in [7, 11) is 1.75. The number of carboxylic acids is 1. The molecule has 0 aromatic heterocycles. The van der Waals surface area contributed by atoms with E-state index in [2.05, 4.69) is 24.3 Å². The monoisotopic (exact) mass is 390 g/mol. The molecule has 1 N–H and O–H groups in total. The number of hydrogen-bond donors (Lipinski definition) is 1. The van der Waals surface area contributed by atoms with Crippen LogP contribution in [0.2, 0.25) is 0 Å². The summed E-state index contributed by atoms with van der Waals surface area (Å²) in [5.41, 5.74) is 1.67. The molecule has 1 amide bonds. The molecule has 154 valence electrons. The molecule has 0 radical (unpaired) electrons. The van der Waals surface area contributed by atoms with Crippen LogP contribution in [0.4, 0.5) is 0 Å². The Morgan fingerprint density at radius 1 is 1.21 bits per heavy atom. The smallest absolute Gasteiger partial charge is 0.317 e. The minimum Gasteiger partial charge on any atom is -0.480 e. The Morgan fingerprint density at radius 3 is 2.54 bits per heavy atom. The van der Waals surface area contributed by atoms with Crippen LogP contribution in [0.1, 0.15) is 24.0 Å². The Bertz CT molecular complexity index is 685. The van der Waals surface area contributed by atoms with E-state index in [1.807, 2.05) is 11.8 Å². The van der Waals surface area contributed by atoms with Gasteiger partial charge in [-0.05, 0) is 32.4 Å². The number of amides is 1. The maximum atomic E-state index is 13.7. The average molecular weight is 390 g/mol. The third-order valence-corrected chi connectivity index (χ3v) is 5.71. The highest BCUT2D eigenvalue weighted by atomic mass is 16.5. The first-order valence-electron chi connectivity index (χ1n) is 9.87. The van der Waals surface area contributed by atoms with Gasteiger partial charge in [-0.15, -0.1) is 0 Å². The molecule has 1 atom stereocenters. The van der Waals surface area contributed by atoms with Crippen LogP contribution >= 0.6 is 0 Å². The summed E-state index contributed by atoms with van der Waals surface area (Å²) in [6, 6.07) is 8.25. The summed E-state index contributed by atoms with van der Waals surface area (Å²) in [5.74, 6) is -0.736. The summed E-state index contributed by atoms with van der Waals surface area (Å²) >= 11 is 0. The van der Waals surface area contributed by atoms with Gasteiger partial charge in [-0.1, -0.05) is 29.8 Å². The maximum Gasteiger partial charge on any atom is 0.317 e. The van der Waals surface area contributed by atoms with Gasteiger partial charge in [0.05, 0.1) is 24.7 Å². The van der Waals surface area contributed by atoms with Crippen molar-refractivity contribution in [2.24, 2.45) is 0 Å². The second-order valence-electron chi connectivity index (χ2n) is 7.89. The van der Waals surface area contributed by atoms with Crippen LogP contribution in [-0.2, 0) is 24.5 Å². The molecular formula is C21H30N2O5. The standard InChI is InChI=1S/C21H30N2O5/c1-16-3-5-17(6-4-16)21(7-10-27-11-8-21)20(26)23-9-12-28-18(14-23)13-22(2)15-19(24)25/h3-6,18H,7-15H2,1-2H3,(H,24,25). The van der Waals surface area contributed by atoms with E-state index >= 15 is 0 Å². The van der Waals surface area contributed by atoms with E-state index < -0.39 is 11.4 Å². The number of aliphatic carboxylic acids is 1. The fourth-order valence-electron chi connectivity index (χ4n) is 4.18. The number of nitrogens with zero attached hydrogens (tertiary/aromatic N) is 2. The lowest BCUT2D eigenvalue weighted by atomic mass is 9.72. The second kappa shape index (κ2) is 9.03. The van der Waals surface area contributed by atoms with Crippen molar-refractivity contribution in [1.29, 1.82) is 0 Å². The van der Waals surface area contributed by atoms with Gasteiger partial charge in [-0.2, -0.15) is 0 Å². The van der Waals surface area contributed by atoms with Gasteiger partial charge in [0.2, 0.25) is 5.91 Å². The van der Waals surface area contributed by atoms with Crippen molar-refractivity contribution in [1.82, 2.24) is 9.80 Å². The molecule has 7 nitrogen and oxygen atoms in total. The maximum absolute atomic E-state index is 13.7. The zero-order chi connectivity index (χ0) is 20.1. The van der Waals surface area contributed by atoms with Crippen LogP contribution in [-0.4, -0.2) is 85.9 Å². The molecule has 1 aromatic rings. The number of carbonyl (C=O) groups excluding carboxylic acids is 1. The van der Waals surface area contributed by atoms with Gasteiger partial charge < -0.3 is 19.5 Å². The fraction of sp³-hybridized carbons (Fsp3) is 0.619. The molecule has 2 saturated heterocycles. The SMILES string of the molecule is Cc1ccc(C2(C(=O)N3CCOC(CN(C)CC(=O)O)C3)CCOCC2)cc1. The van der Waals surface area contributed by atoms with Crippen molar-refractivity contribution in [3.63, 3.8) is 0 Å². The van der Waals surface area contributed by atoms with E-state index in [0.29, 0.717) is 52.3 Å². The molecule has 2 aliphatic rings. The quantitative estimate of drug-likeness (QED) is 0.789. The van der Waals surface area contributed by atoms with Gasteiger partial charge in [0.1, 0.15) is 0 Å². The number of rotatable bonds is 6. The Morgan fingerprint density at radius 2 is 1.89 bits per heavy atom. The first kappa shape index (κ1) is 20.8. The summed E-state index contributed by atoms with van der Waals surface area (Å²) in [5, 5.41) is 8.94. The van der Waals surface area contributed by atoms with Gasteiger partial charge in [0.15, 0.2) is 0 Å². The summed E-state index contributed by atoms with van der Waals surface area (Å²) < 4.78 is 11.4. The highest BCUT2D eigenvalue weighted by Crippen LogP contribution is 2.37. The van der Waals surface area contributed by atoms with Crippen molar-refractivity contribution in [2.45, 2.75) is 31.3 Å². The van der Waals surface area contributed by atoms with E-state index in [9.17, 15) is 9.59 Å². The minimum atomic E-state index is -0.869. The molecule has 2 aliphatic heterocycles. The first-order chi connectivity index (χ1) is 13.4. The Hall–Kier alpha value is -1.96. The zero-order valence-corrected chi connectivity index (χ0v) is 16.7. The molecule has 7 heteroatoms. The normalized spacial score (nSPS) is 22.2. The molecule has 28 heavy (non-hydrogen) atoms. The number of carboxylic acid groups (broad SMARTS) is 1. The van der Waals surface area contributed by atoms with E-state index in [1.165, 1.54) is 5.56 Å². The molecule has 3 rings (SSSR count). The number of likely N-dealkylation sites (N-methyl/N-ethyl adjacent to an activating group) is 1.